The summed E-state index contributed by atoms with van der Waals surface area (Å²) in [4.78, 5) is 0. The average Bonchev–Trinajstić information content (AvgIpc) is 2.20. The van der Waals surface area contributed by atoms with Gasteiger partial charge >= 0.3 is 0 Å². The summed E-state index contributed by atoms with van der Waals surface area (Å²) in [6, 6.07) is 2.28. The topological polar surface area (TPSA) is 35.2 Å². The second-order valence-corrected chi connectivity index (χ2v) is 3.93. The first-order chi connectivity index (χ1) is 7.54. The van der Waals surface area contributed by atoms with Gasteiger partial charge in [-0.2, -0.15) is 0 Å². The summed E-state index contributed by atoms with van der Waals surface area (Å²) in [5, 5.41) is 0. The van der Waals surface area contributed by atoms with Crippen molar-refractivity contribution in [2.24, 2.45) is 5.73 Å². The van der Waals surface area contributed by atoms with Crippen LogP contribution in [0.25, 0.3) is 0 Å². The Bertz CT molecular complexity index is 353. The molecule has 0 aromatic heterocycles. The van der Waals surface area contributed by atoms with Crippen molar-refractivity contribution in [3.8, 4) is 5.75 Å². The second kappa shape index (κ2) is 5.80. The molecule has 0 radical (unpaired) electrons. The van der Waals surface area contributed by atoms with Crippen LogP contribution in [0.1, 0.15) is 25.8 Å². The summed E-state index contributed by atoms with van der Waals surface area (Å²) in [6.07, 6.45) is 1.25. The summed E-state index contributed by atoms with van der Waals surface area (Å²) in [5.41, 5.74) is 6.05. The van der Waals surface area contributed by atoms with Crippen molar-refractivity contribution in [3.63, 3.8) is 0 Å². The molecule has 0 fully saturated rings. The van der Waals surface area contributed by atoms with Gasteiger partial charge < -0.3 is 10.5 Å². The third-order valence-corrected chi connectivity index (χ3v) is 2.12. The largest absolute Gasteiger partial charge is 0.491 e. The fraction of sp³-hybridized carbons (Fsp3) is 0.500. The fourth-order valence-corrected chi connectivity index (χ4v) is 1.42. The minimum Gasteiger partial charge on any atom is -0.491 e. The van der Waals surface area contributed by atoms with E-state index in [0.717, 1.165) is 12.5 Å². The van der Waals surface area contributed by atoms with Crippen LogP contribution in [-0.4, -0.2) is 12.6 Å². The molecule has 0 aliphatic carbocycles. The number of halogens is 2. The molecule has 0 amide bonds. The average molecular weight is 229 g/mol. The number of nitrogens with two attached hydrogens (primary N) is 1. The molecule has 1 rings (SSSR count). The van der Waals surface area contributed by atoms with Gasteiger partial charge in [0, 0.05) is 6.07 Å². The zero-order valence-corrected chi connectivity index (χ0v) is 9.59. The zero-order valence-electron chi connectivity index (χ0n) is 9.59. The van der Waals surface area contributed by atoms with Gasteiger partial charge in [-0.15, -0.1) is 0 Å². The van der Waals surface area contributed by atoms with Crippen molar-refractivity contribution in [1.29, 1.82) is 0 Å². The quantitative estimate of drug-likeness (QED) is 0.842. The molecule has 0 spiro atoms. The summed E-state index contributed by atoms with van der Waals surface area (Å²) in [6.45, 7) is 4.20. The van der Waals surface area contributed by atoms with Gasteiger partial charge in [0.05, 0.1) is 6.10 Å². The third kappa shape index (κ3) is 3.45. The highest BCUT2D eigenvalue weighted by Gasteiger charge is 2.11. The van der Waals surface area contributed by atoms with E-state index < -0.39 is 11.6 Å². The molecule has 2 N–H and O–H groups in total. The molecular formula is C12H17F2NO. The molecule has 4 heteroatoms. The molecule has 0 atom stereocenters. The highest BCUT2D eigenvalue weighted by Crippen LogP contribution is 2.24. The molecule has 0 saturated heterocycles. The number of benzene rings is 1. The molecule has 0 aliphatic heterocycles. The van der Waals surface area contributed by atoms with Crippen LogP contribution >= 0.6 is 0 Å². The van der Waals surface area contributed by atoms with Crippen molar-refractivity contribution < 1.29 is 13.5 Å². The lowest BCUT2D eigenvalue weighted by Gasteiger charge is -2.14. The second-order valence-electron chi connectivity index (χ2n) is 3.93. The molecule has 0 aliphatic rings. The third-order valence-electron chi connectivity index (χ3n) is 2.12. The van der Waals surface area contributed by atoms with E-state index in [1.807, 2.05) is 13.8 Å². The molecule has 0 saturated carbocycles. The van der Waals surface area contributed by atoms with Crippen LogP contribution in [0.5, 0.6) is 5.75 Å². The van der Waals surface area contributed by atoms with Gasteiger partial charge in [0.15, 0.2) is 11.6 Å². The predicted molar refractivity (Wildman–Crippen MR) is 59.5 cm³/mol. The van der Waals surface area contributed by atoms with Gasteiger partial charge in [0.25, 0.3) is 0 Å². The minimum absolute atomic E-state index is 0.0681. The molecule has 90 valence electrons. The van der Waals surface area contributed by atoms with Crippen LogP contribution in [0, 0.1) is 11.6 Å². The molecule has 1 aromatic rings. The van der Waals surface area contributed by atoms with Crippen LogP contribution in [0.4, 0.5) is 8.78 Å². The van der Waals surface area contributed by atoms with E-state index in [1.54, 1.807) is 0 Å². The summed E-state index contributed by atoms with van der Waals surface area (Å²) in [7, 11) is 0. The maximum Gasteiger partial charge on any atom is 0.162 e. The molecule has 0 heterocycles. The Hall–Kier alpha value is -1.16. The number of aryl methyl sites for hydroxylation is 1. The summed E-state index contributed by atoms with van der Waals surface area (Å²) in [5.74, 6) is -1.32. The van der Waals surface area contributed by atoms with E-state index in [-0.39, 0.29) is 6.10 Å². The maximum atomic E-state index is 13.1. The molecule has 0 unspecified atom stereocenters. The van der Waals surface area contributed by atoms with Gasteiger partial charge in [-0.25, -0.2) is 8.78 Å². The van der Waals surface area contributed by atoms with Gasteiger partial charge in [-0.1, -0.05) is 0 Å². The highest BCUT2D eigenvalue weighted by molar-refractivity contribution is 5.35. The van der Waals surface area contributed by atoms with Crippen LogP contribution in [0.3, 0.4) is 0 Å². The highest BCUT2D eigenvalue weighted by atomic mass is 19.2. The van der Waals surface area contributed by atoms with Crippen molar-refractivity contribution in [3.05, 3.63) is 29.3 Å². The lowest BCUT2D eigenvalue weighted by molar-refractivity contribution is 0.238. The van der Waals surface area contributed by atoms with Crippen molar-refractivity contribution >= 4 is 0 Å². The van der Waals surface area contributed by atoms with E-state index in [4.69, 9.17) is 10.5 Å². The molecule has 1 aromatic carbocycles. The van der Waals surface area contributed by atoms with Crippen molar-refractivity contribution in [2.45, 2.75) is 32.8 Å². The molecule has 0 bridgehead atoms. The van der Waals surface area contributed by atoms with Crippen molar-refractivity contribution in [2.75, 3.05) is 6.54 Å². The van der Waals surface area contributed by atoms with Gasteiger partial charge in [-0.05, 0) is 44.9 Å². The monoisotopic (exact) mass is 229 g/mol. The fourth-order valence-electron chi connectivity index (χ4n) is 1.42. The normalized spacial score (nSPS) is 10.9. The Morgan fingerprint density at radius 2 is 1.88 bits per heavy atom. The molecular weight excluding hydrogens is 212 g/mol. The lowest BCUT2D eigenvalue weighted by atomic mass is 10.1. The van der Waals surface area contributed by atoms with Gasteiger partial charge in [0.1, 0.15) is 5.75 Å². The first kappa shape index (κ1) is 12.9. The maximum absolute atomic E-state index is 13.1. The Balaban J connectivity index is 2.96. The Labute approximate surface area is 94.4 Å². The molecule has 2 nitrogen and oxygen atoms in total. The first-order valence-electron chi connectivity index (χ1n) is 5.39. The summed E-state index contributed by atoms with van der Waals surface area (Å²) < 4.78 is 31.5. The first-order valence-corrected chi connectivity index (χ1v) is 5.39. The van der Waals surface area contributed by atoms with E-state index in [1.165, 1.54) is 6.07 Å². The van der Waals surface area contributed by atoms with E-state index >= 15 is 0 Å². The number of hydrogen-bond donors (Lipinski definition) is 1. The zero-order chi connectivity index (χ0) is 12.1. The Morgan fingerprint density at radius 1 is 1.25 bits per heavy atom. The number of ether oxygens (including phenoxy) is 1. The number of hydrogen-bond acceptors (Lipinski definition) is 2. The van der Waals surface area contributed by atoms with E-state index in [2.05, 4.69) is 0 Å². The van der Waals surface area contributed by atoms with E-state index in [0.29, 0.717) is 24.3 Å². The molecule has 16 heavy (non-hydrogen) atoms. The summed E-state index contributed by atoms with van der Waals surface area (Å²) >= 11 is 0. The standard InChI is InChI=1S/C12H17F2NO/c1-8(2)16-12-7-11(14)10(13)6-9(12)4-3-5-15/h6-8H,3-5,15H2,1-2H3. The van der Waals surface area contributed by atoms with Gasteiger partial charge in [0.2, 0.25) is 0 Å². The lowest BCUT2D eigenvalue weighted by Crippen LogP contribution is -2.09. The van der Waals surface area contributed by atoms with Crippen LogP contribution < -0.4 is 10.5 Å². The van der Waals surface area contributed by atoms with Crippen LogP contribution in [-0.2, 0) is 6.42 Å². The predicted octanol–water partition coefficient (Wildman–Crippen LogP) is 2.64. The smallest absolute Gasteiger partial charge is 0.162 e. The van der Waals surface area contributed by atoms with Crippen LogP contribution in [0.15, 0.2) is 12.1 Å². The van der Waals surface area contributed by atoms with Crippen molar-refractivity contribution in [1.82, 2.24) is 0 Å². The van der Waals surface area contributed by atoms with Gasteiger partial charge in [-0.3, -0.25) is 0 Å². The Morgan fingerprint density at radius 3 is 2.44 bits per heavy atom. The van der Waals surface area contributed by atoms with Crippen LogP contribution in [0.2, 0.25) is 0 Å². The number of rotatable bonds is 5. The SMILES string of the molecule is CC(C)Oc1cc(F)c(F)cc1CCCN. The Kier molecular flexibility index (Phi) is 4.68. The van der Waals surface area contributed by atoms with E-state index in [9.17, 15) is 8.78 Å². The minimum atomic E-state index is -0.882.